The molecule has 11 heteroatoms. The molecular formula is C29H50ClFNO7P. The summed E-state index contributed by atoms with van der Waals surface area (Å²) in [5.74, 6) is -1.27. The van der Waals surface area contributed by atoms with Crippen LogP contribution in [0.3, 0.4) is 0 Å². The molecule has 1 unspecified atom stereocenters. The summed E-state index contributed by atoms with van der Waals surface area (Å²) in [6, 6.07) is 3.51. The Labute approximate surface area is 245 Å². The number of hydrogen-bond acceptors (Lipinski definition) is 5. The van der Waals surface area contributed by atoms with Crippen molar-refractivity contribution in [3.63, 3.8) is 0 Å². The van der Waals surface area contributed by atoms with E-state index in [1.54, 1.807) is 0 Å². The van der Waals surface area contributed by atoms with Crippen LogP contribution in [0.15, 0.2) is 18.2 Å². The lowest BCUT2D eigenvalue weighted by molar-refractivity contribution is -0.175. The Kier molecular flexibility index (Phi) is 20.8. The van der Waals surface area contributed by atoms with Gasteiger partial charge in [0.05, 0.1) is 18.2 Å². The first-order valence-electron chi connectivity index (χ1n) is 14.8. The van der Waals surface area contributed by atoms with Crippen LogP contribution >= 0.6 is 19.4 Å². The average Bonchev–Trinajstić information content (AvgIpc) is 2.91. The highest BCUT2D eigenvalue weighted by Gasteiger charge is 2.23. The van der Waals surface area contributed by atoms with Crippen LogP contribution in [0, 0.1) is 5.82 Å². The number of carbonyl (C=O) groups is 1. The molecule has 40 heavy (non-hydrogen) atoms. The maximum absolute atomic E-state index is 13.4. The molecular weight excluding hydrogens is 560 g/mol. The van der Waals surface area contributed by atoms with E-state index in [4.69, 9.17) is 31.0 Å². The molecule has 0 bridgehead atoms. The standard InChI is InChI=1S/C29H50ClFNO7P/c1-3-4-5-6-7-8-9-10-11-12-13-14-15-16-17-18-21-37-23-26(24-38-40(34,35)36)39-32(2)29(33)25-19-20-28(31)27(30)22-25/h19-20,22,26H,3-18,21,23-24H2,1-2H3,(H2,34,35,36). The van der Waals surface area contributed by atoms with E-state index in [0.29, 0.717) is 6.61 Å². The van der Waals surface area contributed by atoms with Gasteiger partial charge >= 0.3 is 7.82 Å². The summed E-state index contributed by atoms with van der Waals surface area (Å²) in [6.07, 6.45) is 19.5. The summed E-state index contributed by atoms with van der Waals surface area (Å²) < 4.78 is 34.7. The minimum Gasteiger partial charge on any atom is -0.379 e. The number of hydroxylamine groups is 2. The molecule has 0 aliphatic rings. The van der Waals surface area contributed by atoms with E-state index >= 15 is 0 Å². The zero-order valence-electron chi connectivity index (χ0n) is 24.3. The molecule has 0 saturated carbocycles. The van der Waals surface area contributed by atoms with E-state index in [1.165, 1.54) is 103 Å². The molecule has 0 aliphatic heterocycles. The van der Waals surface area contributed by atoms with Crippen LogP contribution in [-0.2, 0) is 18.7 Å². The molecule has 0 heterocycles. The van der Waals surface area contributed by atoms with Gasteiger partial charge in [0.1, 0.15) is 11.9 Å². The molecule has 0 aliphatic carbocycles. The molecule has 8 nitrogen and oxygen atoms in total. The van der Waals surface area contributed by atoms with Crippen LogP contribution < -0.4 is 0 Å². The SMILES string of the molecule is CCCCCCCCCCCCCCCCCCOCC(COP(=O)(O)O)ON(C)C(=O)c1ccc(F)c(Cl)c1. The van der Waals surface area contributed by atoms with Gasteiger partial charge in [0, 0.05) is 19.2 Å². The number of unbranched alkanes of at least 4 members (excludes halogenated alkanes) is 15. The molecule has 0 fully saturated rings. The lowest BCUT2D eigenvalue weighted by atomic mass is 10.0. The van der Waals surface area contributed by atoms with Gasteiger partial charge in [-0.05, 0) is 24.6 Å². The third-order valence-corrected chi connectivity index (χ3v) is 7.41. The molecule has 1 amide bonds. The van der Waals surface area contributed by atoms with Crippen LogP contribution in [0.25, 0.3) is 0 Å². The highest BCUT2D eigenvalue weighted by Crippen LogP contribution is 2.36. The highest BCUT2D eigenvalue weighted by molar-refractivity contribution is 7.46. The van der Waals surface area contributed by atoms with Crippen molar-refractivity contribution in [1.29, 1.82) is 0 Å². The first kappa shape index (κ1) is 37.0. The van der Waals surface area contributed by atoms with Gasteiger partial charge in [-0.2, -0.15) is 0 Å². The molecule has 1 rings (SSSR count). The summed E-state index contributed by atoms with van der Waals surface area (Å²) >= 11 is 5.74. The second-order valence-corrected chi connectivity index (χ2v) is 12.0. The summed E-state index contributed by atoms with van der Waals surface area (Å²) in [7, 11) is -3.40. The van der Waals surface area contributed by atoms with E-state index in [2.05, 4.69) is 11.4 Å². The van der Waals surface area contributed by atoms with Crippen molar-refractivity contribution in [2.24, 2.45) is 0 Å². The minimum atomic E-state index is -4.73. The summed E-state index contributed by atoms with van der Waals surface area (Å²) in [6.45, 7) is 2.20. The topological polar surface area (TPSA) is 106 Å². The Hall–Kier alpha value is -1.06. The van der Waals surface area contributed by atoms with Gasteiger partial charge in [-0.3, -0.25) is 14.2 Å². The number of phosphoric acid groups is 1. The van der Waals surface area contributed by atoms with Gasteiger partial charge < -0.3 is 14.5 Å². The molecule has 0 aromatic heterocycles. The molecule has 0 radical (unpaired) electrons. The largest absolute Gasteiger partial charge is 0.469 e. The fourth-order valence-electron chi connectivity index (χ4n) is 4.34. The Morgan fingerprint density at radius 1 is 0.900 bits per heavy atom. The third kappa shape index (κ3) is 19.1. The highest BCUT2D eigenvalue weighted by atomic mass is 35.5. The van der Waals surface area contributed by atoms with Gasteiger partial charge in [0.25, 0.3) is 5.91 Å². The summed E-state index contributed by atoms with van der Waals surface area (Å²) in [4.78, 5) is 36.2. The van der Waals surface area contributed by atoms with Gasteiger partial charge in [0.2, 0.25) is 0 Å². The fourth-order valence-corrected chi connectivity index (χ4v) is 4.88. The number of ether oxygens (including phenoxy) is 1. The van der Waals surface area contributed by atoms with Crippen molar-refractivity contribution in [2.45, 2.75) is 116 Å². The van der Waals surface area contributed by atoms with Crippen molar-refractivity contribution in [1.82, 2.24) is 5.06 Å². The minimum absolute atomic E-state index is 0.0272. The molecule has 0 saturated heterocycles. The lowest BCUT2D eigenvalue weighted by Gasteiger charge is -2.24. The second kappa shape index (κ2) is 22.5. The molecule has 1 aromatic carbocycles. The summed E-state index contributed by atoms with van der Waals surface area (Å²) in [5.41, 5.74) is 0.0950. The second-order valence-electron chi connectivity index (χ2n) is 10.3. The summed E-state index contributed by atoms with van der Waals surface area (Å²) in [5, 5.41) is 0.678. The number of nitrogens with zero attached hydrogens (tertiary/aromatic N) is 1. The maximum Gasteiger partial charge on any atom is 0.469 e. The van der Waals surface area contributed by atoms with Gasteiger partial charge in [-0.1, -0.05) is 115 Å². The first-order valence-corrected chi connectivity index (χ1v) is 16.7. The molecule has 1 atom stereocenters. The molecule has 2 N–H and O–H groups in total. The predicted octanol–water partition coefficient (Wildman–Crippen LogP) is 8.24. The van der Waals surface area contributed by atoms with E-state index < -0.39 is 32.3 Å². The van der Waals surface area contributed by atoms with Crippen LogP contribution in [0.2, 0.25) is 5.02 Å². The Bertz CT molecular complexity index is 858. The van der Waals surface area contributed by atoms with Gasteiger partial charge in [0.15, 0.2) is 0 Å². The van der Waals surface area contributed by atoms with E-state index in [1.807, 2.05) is 0 Å². The number of rotatable bonds is 25. The van der Waals surface area contributed by atoms with Gasteiger partial charge in [-0.25, -0.2) is 14.0 Å². The van der Waals surface area contributed by atoms with Crippen LogP contribution in [0.4, 0.5) is 4.39 Å². The monoisotopic (exact) mass is 609 g/mol. The van der Waals surface area contributed by atoms with Crippen molar-refractivity contribution in [3.05, 3.63) is 34.6 Å². The van der Waals surface area contributed by atoms with Crippen molar-refractivity contribution < 1.29 is 37.6 Å². The van der Waals surface area contributed by atoms with Gasteiger partial charge in [-0.15, -0.1) is 0 Å². The molecule has 0 spiro atoms. The zero-order chi connectivity index (χ0) is 29.6. The van der Waals surface area contributed by atoms with E-state index in [9.17, 15) is 13.8 Å². The predicted molar refractivity (Wildman–Crippen MR) is 157 cm³/mol. The smallest absolute Gasteiger partial charge is 0.379 e. The number of phosphoric ester groups is 1. The average molecular weight is 610 g/mol. The number of benzene rings is 1. The Morgan fingerprint density at radius 2 is 1.40 bits per heavy atom. The zero-order valence-corrected chi connectivity index (χ0v) is 26.0. The molecule has 232 valence electrons. The number of halogens is 2. The normalized spacial score (nSPS) is 12.6. The lowest BCUT2D eigenvalue weighted by Crippen LogP contribution is -2.36. The van der Waals surface area contributed by atoms with E-state index in [-0.39, 0.29) is 17.2 Å². The first-order chi connectivity index (χ1) is 19.1. The van der Waals surface area contributed by atoms with Crippen LogP contribution in [0.5, 0.6) is 0 Å². The Balaban J connectivity index is 2.17. The maximum atomic E-state index is 13.4. The number of carbonyl (C=O) groups excluding carboxylic acids is 1. The van der Waals surface area contributed by atoms with Crippen molar-refractivity contribution >= 4 is 25.3 Å². The molecule has 1 aromatic rings. The quantitative estimate of drug-likeness (QED) is 0.0653. The van der Waals surface area contributed by atoms with Crippen LogP contribution in [-0.4, -0.2) is 53.7 Å². The van der Waals surface area contributed by atoms with Crippen molar-refractivity contribution in [2.75, 3.05) is 26.9 Å². The fraction of sp³-hybridized carbons (Fsp3) is 0.759. The van der Waals surface area contributed by atoms with Crippen LogP contribution in [0.1, 0.15) is 120 Å². The number of hydrogen-bond donors (Lipinski definition) is 2. The Morgan fingerprint density at radius 3 is 1.88 bits per heavy atom. The number of amides is 1. The van der Waals surface area contributed by atoms with E-state index in [0.717, 1.165) is 30.4 Å². The van der Waals surface area contributed by atoms with Crippen molar-refractivity contribution in [3.8, 4) is 0 Å². The third-order valence-electron chi connectivity index (χ3n) is 6.63.